The van der Waals surface area contributed by atoms with Crippen molar-refractivity contribution in [3.05, 3.63) is 69.0 Å². The summed E-state index contributed by atoms with van der Waals surface area (Å²) in [4.78, 5) is 35.1. The molecule has 3 atom stereocenters. The van der Waals surface area contributed by atoms with Crippen molar-refractivity contribution in [3.8, 4) is 0 Å². The van der Waals surface area contributed by atoms with E-state index >= 15 is 0 Å². The van der Waals surface area contributed by atoms with E-state index in [2.05, 4.69) is 0 Å². The highest BCUT2D eigenvalue weighted by atomic mass is 31.2. The molecule has 33 heavy (non-hydrogen) atoms. The molecule has 0 saturated carbocycles. The van der Waals surface area contributed by atoms with E-state index in [0.29, 0.717) is 12.8 Å². The van der Waals surface area contributed by atoms with E-state index in [1.165, 1.54) is 16.8 Å². The second-order valence-corrected chi connectivity index (χ2v) is 9.56. The lowest BCUT2D eigenvalue weighted by molar-refractivity contribution is -0.0745. The van der Waals surface area contributed by atoms with Crippen LogP contribution in [0.1, 0.15) is 51.3 Å². The molecule has 0 bridgehead atoms. The molecule has 1 unspecified atom stereocenters. The monoisotopic (exact) mass is 482 g/mol. The van der Waals surface area contributed by atoms with Gasteiger partial charge in [-0.25, -0.2) is 13.9 Å². The minimum Gasteiger partial charge on any atom is -0.356 e. The van der Waals surface area contributed by atoms with E-state index in [1.54, 1.807) is 13.8 Å². The molecule has 10 nitrogen and oxygen atoms in total. The molecule has 1 saturated heterocycles. The number of ether oxygens (including phenoxy) is 2. The summed E-state index contributed by atoms with van der Waals surface area (Å²) in [6.07, 6.45) is 2.55. The predicted molar refractivity (Wildman–Crippen MR) is 121 cm³/mol. The summed E-state index contributed by atoms with van der Waals surface area (Å²) in [7, 11) is -4.19. The number of phosphoric acid groups is 1. The maximum absolute atomic E-state index is 13.0. The fraction of sp³-hybridized carbons (Fsp3) is 0.545. The van der Waals surface area contributed by atoms with Gasteiger partial charge in [0.2, 0.25) is 0 Å². The van der Waals surface area contributed by atoms with Gasteiger partial charge < -0.3 is 14.4 Å². The van der Waals surface area contributed by atoms with Crippen LogP contribution in [-0.2, 0) is 36.4 Å². The number of nitrogens with zero attached hydrogens (tertiary/aromatic N) is 2. The smallest absolute Gasteiger partial charge is 0.356 e. The summed E-state index contributed by atoms with van der Waals surface area (Å²) in [5.41, 5.74) is -0.0812. The van der Waals surface area contributed by atoms with Crippen LogP contribution in [-0.4, -0.2) is 32.8 Å². The molecule has 182 valence electrons. The summed E-state index contributed by atoms with van der Waals surface area (Å²) < 4.78 is 36.0. The Balaban J connectivity index is 1.68. The Morgan fingerprint density at radius 2 is 1.88 bits per heavy atom. The number of aromatic nitrogens is 2. The van der Waals surface area contributed by atoms with Crippen molar-refractivity contribution >= 4 is 7.82 Å². The first-order valence-electron chi connectivity index (χ1n) is 11.0. The zero-order valence-corrected chi connectivity index (χ0v) is 19.8. The zero-order chi connectivity index (χ0) is 23.8. The van der Waals surface area contributed by atoms with Gasteiger partial charge in [-0.15, -0.1) is 0 Å². The molecule has 1 N–H and O–H groups in total. The molecule has 0 radical (unpaired) electrons. The Kier molecular flexibility index (Phi) is 9.19. The van der Waals surface area contributed by atoms with Gasteiger partial charge in [-0.1, -0.05) is 36.8 Å². The van der Waals surface area contributed by atoms with Gasteiger partial charge in [-0.05, 0) is 38.7 Å². The standard InChI is InChI=1S/C22H31N2O8P/c1-17(2)32-33(27,28)30-15-19-10-6-7-11-21(31-19)23-13-12-20(25)24(22(23)26)16-29-14-18-8-4-3-5-9-18/h3-5,8-9,12-13,17,19,21H,6-7,10-11,14-16H2,1-2H3,(H,27,28)/t19-,21+/m0/s1. The first-order valence-corrected chi connectivity index (χ1v) is 12.5. The Hall–Kier alpha value is -2.07. The quantitative estimate of drug-likeness (QED) is 0.513. The molecule has 0 amide bonds. The summed E-state index contributed by atoms with van der Waals surface area (Å²) in [6.45, 7) is 3.20. The maximum Gasteiger partial charge on any atom is 0.472 e. The fourth-order valence-corrected chi connectivity index (χ4v) is 4.50. The minimum atomic E-state index is -4.19. The van der Waals surface area contributed by atoms with Crippen LogP contribution in [0, 0.1) is 0 Å². The molecule has 11 heteroatoms. The summed E-state index contributed by atoms with van der Waals surface area (Å²) in [5.74, 6) is 0. The Morgan fingerprint density at radius 3 is 2.61 bits per heavy atom. The van der Waals surface area contributed by atoms with E-state index in [-0.39, 0.29) is 19.9 Å². The van der Waals surface area contributed by atoms with Crippen molar-refractivity contribution in [3.63, 3.8) is 0 Å². The Bertz CT molecular complexity index is 1050. The zero-order valence-electron chi connectivity index (χ0n) is 18.9. The third kappa shape index (κ3) is 7.74. The second kappa shape index (κ2) is 11.9. The van der Waals surface area contributed by atoms with Crippen LogP contribution in [0.4, 0.5) is 0 Å². The number of hydrogen-bond donors (Lipinski definition) is 1. The predicted octanol–water partition coefficient (Wildman–Crippen LogP) is 3.18. The lowest BCUT2D eigenvalue weighted by Gasteiger charge is -2.24. The molecule has 0 spiro atoms. The summed E-state index contributed by atoms with van der Waals surface area (Å²) in [6, 6.07) is 10.7. The van der Waals surface area contributed by atoms with Crippen LogP contribution in [0.5, 0.6) is 0 Å². The van der Waals surface area contributed by atoms with Gasteiger partial charge in [0.25, 0.3) is 5.56 Å². The van der Waals surface area contributed by atoms with E-state index in [9.17, 15) is 19.0 Å². The SMILES string of the molecule is CC(C)OP(=O)(O)OC[C@@H]1CCCC[C@H](n2ccc(=O)n(COCc3ccccc3)c2=O)O1. The van der Waals surface area contributed by atoms with Crippen LogP contribution in [0.2, 0.25) is 0 Å². The van der Waals surface area contributed by atoms with E-state index in [4.69, 9.17) is 18.5 Å². The fourth-order valence-electron chi connectivity index (χ4n) is 3.55. The average Bonchev–Trinajstić information content (AvgIpc) is 3.00. The highest BCUT2D eigenvalue weighted by molar-refractivity contribution is 7.47. The van der Waals surface area contributed by atoms with Crippen molar-refractivity contribution in [1.82, 2.24) is 9.13 Å². The third-order valence-corrected chi connectivity index (χ3v) is 6.25. The number of rotatable bonds is 10. The van der Waals surface area contributed by atoms with Crippen LogP contribution in [0.3, 0.4) is 0 Å². The van der Waals surface area contributed by atoms with Gasteiger partial charge >= 0.3 is 13.5 Å². The molecule has 1 aromatic carbocycles. The van der Waals surface area contributed by atoms with Crippen molar-refractivity contribution < 1.29 is 28.0 Å². The van der Waals surface area contributed by atoms with Gasteiger partial charge in [0.1, 0.15) is 13.0 Å². The molecular formula is C22H31N2O8P. The minimum absolute atomic E-state index is 0.147. The van der Waals surface area contributed by atoms with Gasteiger partial charge in [-0.2, -0.15) is 0 Å². The molecular weight excluding hydrogens is 451 g/mol. The van der Waals surface area contributed by atoms with E-state index in [1.807, 2.05) is 30.3 Å². The molecule has 3 rings (SSSR count). The van der Waals surface area contributed by atoms with Crippen molar-refractivity contribution in [1.29, 1.82) is 0 Å². The molecule has 2 aromatic rings. The molecule has 1 fully saturated rings. The van der Waals surface area contributed by atoms with Crippen LogP contribution < -0.4 is 11.2 Å². The highest BCUT2D eigenvalue weighted by Gasteiger charge is 2.28. The number of phosphoric ester groups is 1. The normalized spacial score (nSPS) is 21.0. The van der Waals surface area contributed by atoms with Crippen molar-refractivity contribution in [2.75, 3.05) is 6.61 Å². The van der Waals surface area contributed by atoms with E-state index in [0.717, 1.165) is 23.0 Å². The van der Waals surface area contributed by atoms with Crippen LogP contribution in [0.15, 0.2) is 52.2 Å². The van der Waals surface area contributed by atoms with Gasteiger partial charge in [-0.3, -0.25) is 18.4 Å². The second-order valence-electron chi connectivity index (χ2n) is 8.15. The Labute approximate surface area is 192 Å². The van der Waals surface area contributed by atoms with Crippen LogP contribution in [0.25, 0.3) is 0 Å². The summed E-state index contributed by atoms with van der Waals surface area (Å²) >= 11 is 0. The van der Waals surface area contributed by atoms with Gasteiger partial charge in [0.05, 0.1) is 25.4 Å². The van der Waals surface area contributed by atoms with Crippen molar-refractivity contribution in [2.45, 2.75) is 71.3 Å². The largest absolute Gasteiger partial charge is 0.472 e. The van der Waals surface area contributed by atoms with E-state index < -0.39 is 37.5 Å². The molecule has 0 aliphatic carbocycles. The topological polar surface area (TPSA) is 118 Å². The molecule has 1 aliphatic rings. The molecule has 2 heterocycles. The summed E-state index contributed by atoms with van der Waals surface area (Å²) in [5, 5.41) is 0. The maximum atomic E-state index is 13.0. The Morgan fingerprint density at radius 1 is 1.15 bits per heavy atom. The lowest BCUT2D eigenvalue weighted by Crippen LogP contribution is -2.42. The van der Waals surface area contributed by atoms with Gasteiger partial charge in [0, 0.05) is 12.3 Å². The van der Waals surface area contributed by atoms with Crippen molar-refractivity contribution in [2.24, 2.45) is 0 Å². The first-order chi connectivity index (χ1) is 15.7. The highest BCUT2D eigenvalue weighted by Crippen LogP contribution is 2.45. The van der Waals surface area contributed by atoms with Crippen LogP contribution >= 0.6 is 7.82 Å². The molecule has 1 aliphatic heterocycles. The van der Waals surface area contributed by atoms with Gasteiger partial charge in [0.15, 0.2) is 0 Å². The molecule has 1 aromatic heterocycles. The third-order valence-electron chi connectivity index (χ3n) is 5.08. The lowest BCUT2D eigenvalue weighted by atomic mass is 10.1. The number of hydrogen-bond acceptors (Lipinski definition) is 7. The number of benzene rings is 1. The first kappa shape index (κ1) is 25.6. The average molecular weight is 482 g/mol.